The molecule has 0 saturated carbocycles. The maximum Gasteiger partial charge on any atom is 0.272 e. The predicted octanol–water partition coefficient (Wildman–Crippen LogP) is 1.60. The summed E-state index contributed by atoms with van der Waals surface area (Å²) in [5.74, 6) is -0.00963. The van der Waals surface area contributed by atoms with Crippen molar-refractivity contribution in [2.24, 2.45) is 7.05 Å². The molecule has 2 amide bonds. The Morgan fingerprint density at radius 2 is 1.77 bits per heavy atom. The molecular weight excluding hydrogens is 330 g/mol. The second-order valence-corrected chi connectivity index (χ2v) is 6.90. The highest BCUT2D eigenvalue weighted by Crippen LogP contribution is 2.29. The minimum absolute atomic E-state index is 0.0361. The molecule has 2 heterocycles. The quantitative estimate of drug-likeness (QED) is 0.904. The van der Waals surface area contributed by atoms with Gasteiger partial charge in [-0.15, -0.1) is 0 Å². The van der Waals surface area contributed by atoms with Crippen molar-refractivity contribution in [1.82, 2.24) is 19.6 Å². The summed E-state index contributed by atoms with van der Waals surface area (Å²) < 4.78 is 1.58. The van der Waals surface area contributed by atoms with Gasteiger partial charge >= 0.3 is 0 Å². The number of hydrogen-bond donors (Lipinski definition) is 1. The lowest BCUT2D eigenvalue weighted by atomic mass is 9.85. The van der Waals surface area contributed by atoms with E-state index in [9.17, 15) is 9.59 Å². The van der Waals surface area contributed by atoms with Crippen LogP contribution in [-0.4, -0.2) is 64.1 Å². The van der Waals surface area contributed by atoms with Gasteiger partial charge in [-0.25, -0.2) is 0 Å². The third kappa shape index (κ3) is 3.42. The number of benzene rings is 1. The first-order chi connectivity index (χ1) is 12.4. The van der Waals surface area contributed by atoms with E-state index >= 15 is 0 Å². The van der Waals surface area contributed by atoms with Crippen molar-refractivity contribution in [3.05, 3.63) is 48.3 Å². The van der Waals surface area contributed by atoms with Crippen molar-refractivity contribution in [2.45, 2.75) is 18.4 Å². The summed E-state index contributed by atoms with van der Waals surface area (Å²) in [4.78, 5) is 29.0. The first kappa shape index (κ1) is 18.0. The van der Waals surface area contributed by atoms with Crippen molar-refractivity contribution < 1.29 is 9.59 Å². The molecule has 1 aliphatic rings. The van der Waals surface area contributed by atoms with Gasteiger partial charge in [0.2, 0.25) is 5.91 Å². The number of aryl methyl sites for hydroxylation is 1. The van der Waals surface area contributed by atoms with Crippen LogP contribution >= 0.6 is 0 Å². The molecule has 3 rings (SSSR count). The zero-order valence-corrected chi connectivity index (χ0v) is 15.5. The molecule has 7 heteroatoms. The molecule has 26 heavy (non-hydrogen) atoms. The first-order valence-electron chi connectivity index (χ1n) is 8.75. The molecule has 7 nitrogen and oxygen atoms in total. The van der Waals surface area contributed by atoms with Crippen LogP contribution in [0.4, 0.5) is 5.69 Å². The van der Waals surface area contributed by atoms with E-state index in [1.54, 1.807) is 47.9 Å². The van der Waals surface area contributed by atoms with Gasteiger partial charge in [0.25, 0.3) is 5.91 Å². The monoisotopic (exact) mass is 355 g/mol. The lowest BCUT2D eigenvalue weighted by Crippen LogP contribution is -2.58. The number of carbonyl (C=O) groups is 2. The van der Waals surface area contributed by atoms with Gasteiger partial charge < -0.3 is 15.1 Å². The normalized spacial score (nSPS) is 16.2. The molecule has 0 spiro atoms. The fourth-order valence-electron chi connectivity index (χ4n) is 3.46. The lowest BCUT2D eigenvalue weighted by molar-refractivity contribution is -0.135. The van der Waals surface area contributed by atoms with Crippen molar-refractivity contribution in [2.75, 3.05) is 32.5 Å². The van der Waals surface area contributed by atoms with Crippen LogP contribution in [0.15, 0.2) is 42.6 Å². The molecule has 0 unspecified atom stereocenters. The summed E-state index contributed by atoms with van der Waals surface area (Å²) >= 11 is 0. The van der Waals surface area contributed by atoms with Crippen molar-refractivity contribution in [1.29, 1.82) is 0 Å². The Hall–Kier alpha value is -2.83. The van der Waals surface area contributed by atoms with Gasteiger partial charge in [0.05, 0.1) is 0 Å². The number of aromatic nitrogens is 2. The fourth-order valence-corrected chi connectivity index (χ4v) is 3.46. The van der Waals surface area contributed by atoms with E-state index in [-0.39, 0.29) is 11.8 Å². The second kappa shape index (κ2) is 7.19. The number of hydrogen-bond acceptors (Lipinski definition) is 4. The first-order valence-corrected chi connectivity index (χ1v) is 8.75. The third-order valence-corrected chi connectivity index (χ3v) is 4.92. The molecule has 0 bridgehead atoms. The SMILES string of the molecule is CN(C)C(=O)C1(Nc2ccccc2)CCN(C(=O)c2ccnn2C)CC1. The molecule has 0 atom stereocenters. The van der Waals surface area contributed by atoms with Crippen LogP contribution in [0, 0.1) is 0 Å². The van der Waals surface area contributed by atoms with Gasteiger partial charge in [0, 0.05) is 46.1 Å². The van der Waals surface area contributed by atoms with E-state index in [4.69, 9.17) is 0 Å². The van der Waals surface area contributed by atoms with Crippen LogP contribution < -0.4 is 5.32 Å². The van der Waals surface area contributed by atoms with Crippen LogP contribution in [-0.2, 0) is 11.8 Å². The van der Waals surface area contributed by atoms with E-state index in [1.807, 2.05) is 30.3 Å². The van der Waals surface area contributed by atoms with Crippen molar-refractivity contribution >= 4 is 17.5 Å². The Kier molecular flexibility index (Phi) is 4.97. The predicted molar refractivity (Wildman–Crippen MR) is 99.8 cm³/mol. The molecule has 1 fully saturated rings. The summed E-state index contributed by atoms with van der Waals surface area (Å²) in [7, 11) is 5.29. The van der Waals surface area contributed by atoms with Crippen molar-refractivity contribution in [3.8, 4) is 0 Å². The Balaban J connectivity index is 1.77. The molecule has 0 radical (unpaired) electrons. The summed E-state index contributed by atoms with van der Waals surface area (Å²) in [5.41, 5.74) is 0.773. The number of anilines is 1. The second-order valence-electron chi connectivity index (χ2n) is 6.90. The number of nitrogens with zero attached hydrogens (tertiary/aromatic N) is 4. The van der Waals surface area contributed by atoms with Gasteiger partial charge in [-0.3, -0.25) is 14.3 Å². The van der Waals surface area contributed by atoms with E-state index < -0.39 is 5.54 Å². The standard InChI is InChI=1S/C19H25N5O2/c1-22(2)18(26)19(21-15-7-5-4-6-8-15)10-13-24(14-11-19)17(25)16-9-12-20-23(16)3/h4-9,12,21H,10-11,13-14H2,1-3H3. The van der Waals surface area contributed by atoms with E-state index in [0.717, 1.165) is 5.69 Å². The summed E-state index contributed by atoms with van der Waals surface area (Å²) in [6, 6.07) is 11.5. The zero-order chi connectivity index (χ0) is 18.7. The number of carbonyl (C=O) groups excluding carboxylic acids is 2. The van der Waals surface area contributed by atoms with Gasteiger partial charge in [0.15, 0.2) is 0 Å². The smallest absolute Gasteiger partial charge is 0.272 e. The maximum atomic E-state index is 12.9. The molecule has 1 saturated heterocycles. The number of amides is 2. The van der Waals surface area contributed by atoms with E-state index in [0.29, 0.717) is 31.6 Å². The fraction of sp³-hybridized carbons (Fsp3) is 0.421. The molecule has 138 valence electrons. The highest BCUT2D eigenvalue weighted by molar-refractivity contribution is 5.93. The summed E-state index contributed by atoms with van der Waals surface area (Å²) in [6.07, 6.45) is 2.74. The average Bonchev–Trinajstić information content (AvgIpc) is 3.08. The Bertz CT molecular complexity index is 776. The van der Waals surface area contributed by atoms with Crippen LogP contribution in [0.2, 0.25) is 0 Å². The number of nitrogens with one attached hydrogen (secondary N) is 1. The van der Waals surface area contributed by atoms with E-state index in [1.165, 1.54) is 0 Å². The van der Waals surface area contributed by atoms with Gasteiger partial charge in [0.1, 0.15) is 11.2 Å². The lowest BCUT2D eigenvalue weighted by Gasteiger charge is -2.42. The number of piperidine rings is 1. The molecule has 1 N–H and O–H groups in total. The van der Waals surface area contributed by atoms with Crippen LogP contribution in [0.1, 0.15) is 23.3 Å². The average molecular weight is 355 g/mol. The number of likely N-dealkylation sites (tertiary alicyclic amines) is 1. The molecule has 2 aromatic rings. The molecule has 1 aromatic carbocycles. The number of rotatable bonds is 4. The Labute approximate surface area is 153 Å². The molecule has 1 aromatic heterocycles. The molecule has 1 aliphatic heterocycles. The van der Waals surface area contributed by atoms with Gasteiger partial charge in [-0.1, -0.05) is 18.2 Å². The third-order valence-electron chi connectivity index (χ3n) is 4.92. The van der Waals surface area contributed by atoms with Crippen LogP contribution in [0.25, 0.3) is 0 Å². The molecular formula is C19H25N5O2. The zero-order valence-electron chi connectivity index (χ0n) is 15.5. The highest BCUT2D eigenvalue weighted by atomic mass is 16.2. The summed E-state index contributed by atoms with van der Waals surface area (Å²) in [6.45, 7) is 1.03. The number of likely N-dealkylation sites (N-methyl/N-ethyl adjacent to an activating group) is 1. The van der Waals surface area contributed by atoms with Crippen LogP contribution in [0.3, 0.4) is 0 Å². The Morgan fingerprint density at radius 3 is 2.31 bits per heavy atom. The number of para-hydroxylation sites is 1. The minimum Gasteiger partial charge on any atom is -0.371 e. The molecule has 0 aliphatic carbocycles. The van der Waals surface area contributed by atoms with E-state index in [2.05, 4.69) is 10.4 Å². The topological polar surface area (TPSA) is 70.5 Å². The minimum atomic E-state index is -0.700. The largest absolute Gasteiger partial charge is 0.371 e. The van der Waals surface area contributed by atoms with Crippen molar-refractivity contribution in [3.63, 3.8) is 0 Å². The van der Waals surface area contributed by atoms with Crippen LogP contribution in [0.5, 0.6) is 0 Å². The van der Waals surface area contributed by atoms with Gasteiger partial charge in [-0.2, -0.15) is 5.10 Å². The summed E-state index contributed by atoms with van der Waals surface area (Å²) in [5, 5.41) is 7.50. The maximum absolute atomic E-state index is 12.9. The van der Waals surface area contributed by atoms with Gasteiger partial charge in [-0.05, 0) is 31.0 Å². The highest BCUT2D eigenvalue weighted by Gasteiger charge is 2.43. The Morgan fingerprint density at radius 1 is 1.12 bits per heavy atom.